The smallest absolute Gasteiger partial charge is 0.0549 e. The quantitative estimate of drug-likeness (QED) is 0.748. The van der Waals surface area contributed by atoms with Gasteiger partial charge in [-0.1, -0.05) is 6.92 Å². The second kappa shape index (κ2) is 8.06. The number of nitrogens with one attached hydrogen (secondary N) is 1. The highest BCUT2D eigenvalue weighted by Gasteiger charge is 2.18. The molecule has 102 valence electrons. The SMILES string of the molecule is CCC(O)CCNC1CCCN(C(C)C)CC1. The van der Waals surface area contributed by atoms with Gasteiger partial charge in [0.1, 0.15) is 0 Å². The van der Waals surface area contributed by atoms with Crippen LogP contribution in [0.5, 0.6) is 0 Å². The molecule has 17 heavy (non-hydrogen) atoms. The Kier molecular flexibility index (Phi) is 7.09. The molecule has 0 aromatic heterocycles. The molecular weight excluding hydrogens is 212 g/mol. The minimum absolute atomic E-state index is 0.125. The summed E-state index contributed by atoms with van der Waals surface area (Å²) >= 11 is 0. The number of rotatable bonds is 6. The van der Waals surface area contributed by atoms with E-state index in [4.69, 9.17) is 0 Å². The molecule has 3 nitrogen and oxygen atoms in total. The van der Waals surface area contributed by atoms with Gasteiger partial charge in [0, 0.05) is 12.1 Å². The van der Waals surface area contributed by atoms with Crippen LogP contribution in [0.25, 0.3) is 0 Å². The van der Waals surface area contributed by atoms with Gasteiger partial charge in [0.05, 0.1) is 6.10 Å². The van der Waals surface area contributed by atoms with E-state index >= 15 is 0 Å². The third-order valence-electron chi connectivity index (χ3n) is 3.87. The monoisotopic (exact) mass is 242 g/mol. The van der Waals surface area contributed by atoms with Crippen LogP contribution < -0.4 is 5.32 Å². The Balaban J connectivity index is 2.18. The van der Waals surface area contributed by atoms with E-state index in [9.17, 15) is 5.11 Å². The molecule has 2 atom stereocenters. The molecule has 2 N–H and O–H groups in total. The lowest BCUT2D eigenvalue weighted by Crippen LogP contribution is -2.34. The minimum Gasteiger partial charge on any atom is -0.393 e. The van der Waals surface area contributed by atoms with Gasteiger partial charge in [0.2, 0.25) is 0 Å². The van der Waals surface area contributed by atoms with Gasteiger partial charge in [-0.3, -0.25) is 0 Å². The van der Waals surface area contributed by atoms with Crippen molar-refractivity contribution in [1.82, 2.24) is 10.2 Å². The van der Waals surface area contributed by atoms with Crippen LogP contribution in [0.3, 0.4) is 0 Å². The summed E-state index contributed by atoms with van der Waals surface area (Å²) in [7, 11) is 0. The Morgan fingerprint density at radius 3 is 2.71 bits per heavy atom. The van der Waals surface area contributed by atoms with Crippen molar-refractivity contribution in [1.29, 1.82) is 0 Å². The summed E-state index contributed by atoms with van der Waals surface area (Å²) in [5.74, 6) is 0. The standard InChI is InChI=1S/C14H30N2O/c1-4-14(17)7-9-15-13-6-5-10-16(11-8-13)12(2)3/h12-15,17H,4-11H2,1-3H3. The first-order valence-electron chi connectivity index (χ1n) is 7.29. The highest BCUT2D eigenvalue weighted by molar-refractivity contribution is 4.76. The maximum Gasteiger partial charge on any atom is 0.0549 e. The first-order valence-corrected chi connectivity index (χ1v) is 7.29. The number of aliphatic hydroxyl groups excluding tert-OH is 1. The van der Waals surface area contributed by atoms with Crippen molar-refractivity contribution in [3.63, 3.8) is 0 Å². The Morgan fingerprint density at radius 2 is 2.06 bits per heavy atom. The largest absolute Gasteiger partial charge is 0.393 e. The number of hydrogen-bond donors (Lipinski definition) is 2. The molecule has 0 saturated carbocycles. The van der Waals surface area contributed by atoms with Crippen LogP contribution in [0.4, 0.5) is 0 Å². The number of aliphatic hydroxyl groups is 1. The molecule has 3 heteroatoms. The van der Waals surface area contributed by atoms with Crippen molar-refractivity contribution in [2.24, 2.45) is 0 Å². The predicted molar refractivity (Wildman–Crippen MR) is 73.3 cm³/mol. The summed E-state index contributed by atoms with van der Waals surface area (Å²) in [6.45, 7) is 10.0. The number of nitrogens with zero attached hydrogens (tertiary/aromatic N) is 1. The van der Waals surface area contributed by atoms with E-state index in [0.29, 0.717) is 12.1 Å². The Hall–Kier alpha value is -0.120. The van der Waals surface area contributed by atoms with Crippen LogP contribution in [0.1, 0.15) is 52.9 Å². The molecule has 0 aromatic carbocycles. The molecule has 1 saturated heterocycles. The number of likely N-dealkylation sites (tertiary alicyclic amines) is 1. The van der Waals surface area contributed by atoms with E-state index in [2.05, 4.69) is 24.1 Å². The van der Waals surface area contributed by atoms with Crippen LogP contribution >= 0.6 is 0 Å². The molecule has 1 fully saturated rings. The van der Waals surface area contributed by atoms with Crippen LogP contribution in [0.2, 0.25) is 0 Å². The van der Waals surface area contributed by atoms with Crippen molar-refractivity contribution >= 4 is 0 Å². The molecule has 0 amide bonds. The minimum atomic E-state index is -0.125. The molecule has 2 unspecified atom stereocenters. The van der Waals surface area contributed by atoms with E-state index in [-0.39, 0.29) is 6.10 Å². The normalized spacial score (nSPS) is 24.9. The van der Waals surface area contributed by atoms with Gasteiger partial charge in [0.25, 0.3) is 0 Å². The predicted octanol–water partition coefficient (Wildman–Crippen LogP) is 2.00. The summed E-state index contributed by atoms with van der Waals surface area (Å²) in [6, 6.07) is 1.33. The van der Waals surface area contributed by atoms with E-state index in [1.165, 1.54) is 32.4 Å². The zero-order valence-corrected chi connectivity index (χ0v) is 11.8. The maximum absolute atomic E-state index is 9.51. The molecular formula is C14H30N2O. The average molecular weight is 242 g/mol. The molecule has 1 aliphatic rings. The second-order valence-electron chi connectivity index (χ2n) is 5.56. The topological polar surface area (TPSA) is 35.5 Å². The highest BCUT2D eigenvalue weighted by Crippen LogP contribution is 2.13. The first kappa shape index (κ1) is 14.9. The van der Waals surface area contributed by atoms with Crippen molar-refractivity contribution in [3.8, 4) is 0 Å². The third kappa shape index (κ3) is 5.84. The summed E-state index contributed by atoms with van der Waals surface area (Å²) < 4.78 is 0. The maximum atomic E-state index is 9.51. The summed E-state index contributed by atoms with van der Waals surface area (Å²) in [5, 5.41) is 13.1. The lowest BCUT2D eigenvalue weighted by molar-refractivity contribution is 0.158. The highest BCUT2D eigenvalue weighted by atomic mass is 16.3. The van der Waals surface area contributed by atoms with Crippen molar-refractivity contribution in [2.75, 3.05) is 19.6 Å². The summed E-state index contributed by atoms with van der Waals surface area (Å²) in [6.07, 6.45) is 5.47. The molecule has 0 aromatic rings. The van der Waals surface area contributed by atoms with Gasteiger partial charge >= 0.3 is 0 Å². The number of hydrogen-bond acceptors (Lipinski definition) is 3. The molecule has 0 aliphatic carbocycles. The fourth-order valence-corrected chi connectivity index (χ4v) is 2.50. The van der Waals surface area contributed by atoms with Gasteiger partial charge in [-0.2, -0.15) is 0 Å². The lowest BCUT2D eigenvalue weighted by Gasteiger charge is -2.24. The van der Waals surface area contributed by atoms with Crippen LogP contribution in [0.15, 0.2) is 0 Å². The van der Waals surface area contributed by atoms with Crippen molar-refractivity contribution in [3.05, 3.63) is 0 Å². The molecule has 1 rings (SSSR count). The molecule has 1 heterocycles. The Bertz CT molecular complexity index is 197. The lowest BCUT2D eigenvalue weighted by atomic mass is 10.1. The van der Waals surface area contributed by atoms with Crippen molar-refractivity contribution < 1.29 is 5.11 Å². The van der Waals surface area contributed by atoms with E-state index in [1.54, 1.807) is 0 Å². The molecule has 0 bridgehead atoms. The summed E-state index contributed by atoms with van der Waals surface area (Å²) in [4.78, 5) is 2.57. The zero-order chi connectivity index (χ0) is 12.7. The van der Waals surface area contributed by atoms with E-state index in [1.807, 2.05) is 6.92 Å². The zero-order valence-electron chi connectivity index (χ0n) is 11.8. The Labute approximate surface area is 107 Å². The van der Waals surface area contributed by atoms with E-state index in [0.717, 1.165) is 19.4 Å². The fraction of sp³-hybridized carbons (Fsp3) is 1.00. The molecule has 0 spiro atoms. The van der Waals surface area contributed by atoms with Gasteiger partial charge < -0.3 is 15.3 Å². The van der Waals surface area contributed by atoms with Crippen LogP contribution in [-0.2, 0) is 0 Å². The fourth-order valence-electron chi connectivity index (χ4n) is 2.50. The Morgan fingerprint density at radius 1 is 1.29 bits per heavy atom. The van der Waals surface area contributed by atoms with Crippen LogP contribution in [0, 0.1) is 0 Å². The van der Waals surface area contributed by atoms with E-state index < -0.39 is 0 Å². The average Bonchev–Trinajstić information content (AvgIpc) is 2.54. The van der Waals surface area contributed by atoms with Crippen molar-refractivity contribution in [2.45, 2.75) is 71.1 Å². The van der Waals surface area contributed by atoms with Crippen LogP contribution in [-0.4, -0.2) is 47.8 Å². The van der Waals surface area contributed by atoms with Gasteiger partial charge in [0.15, 0.2) is 0 Å². The third-order valence-corrected chi connectivity index (χ3v) is 3.87. The molecule has 0 radical (unpaired) electrons. The van der Waals surface area contributed by atoms with Gasteiger partial charge in [-0.05, 0) is 65.6 Å². The van der Waals surface area contributed by atoms with Gasteiger partial charge in [-0.25, -0.2) is 0 Å². The second-order valence-corrected chi connectivity index (χ2v) is 5.56. The summed E-state index contributed by atoms with van der Waals surface area (Å²) in [5.41, 5.74) is 0. The molecule has 1 aliphatic heterocycles. The van der Waals surface area contributed by atoms with Gasteiger partial charge in [-0.15, -0.1) is 0 Å². The first-order chi connectivity index (χ1) is 8.13.